The minimum Gasteiger partial charge on any atom is -0.457 e. The van der Waals surface area contributed by atoms with Crippen LogP contribution in [-0.2, 0) is 0 Å². The molecule has 2 aromatic rings. The summed E-state index contributed by atoms with van der Waals surface area (Å²) in [5.41, 5.74) is 6.90. The number of halogens is 2. The number of nitrogens with two attached hydrogens (primary N) is 1. The molecule has 0 saturated heterocycles. The quantitative estimate of drug-likeness (QED) is 0.869. The molecule has 0 spiro atoms. The van der Waals surface area contributed by atoms with E-state index in [0.717, 1.165) is 21.5 Å². The number of rotatable bonds is 3. The monoisotopic (exact) mass is 325 g/mol. The molecule has 0 aromatic heterocycles. The predicted molar refractivity (Wildman–Crippen MR) is 78.3 cm³/mol. The molecule has 0 saturated carbocycles. The molecule has 1 atom stereocenters. The van der Waals surface area contributed by atoms with Crippen molar-refractivity contribution < 1.29 is 4.74 Å². The van der Waals surface area contributed by atoms with E-state index in [-0.39, 0.29) is 6.04 Å². The van der Waals surface area contributed by atoms with Gasteiger partial charge in [-0.15, -0.1) is 0 Å². The van der Waals surface area contributed by atoms with Crippen LogP contribution < -0.4 is 10.5 Å². The first-order chi connectivity index (χ1) is 8.56. The Hall–Kier alpha value is -1.03. The molecule has 18 heavy (non-hydrogen) atoms. The van der Waals surface area contributed by atoms with Gasteiger partial charge in [-0.1, -0.05) is 33.6 Å². The van der Waals surface area contributed by atoms with Gasteiger partial charge >= 0.3 is 0 Å². The van der Waals surface area contributed by atoms with Crippen LogP contribution in [0.15, 0.2) is 46.9 Å². The van der Waals surface area contributed by atoms with Crippen LogP contribution in [0.3, 0.4) is 0 Å². The fraction of sp³-hybridized carbons (Fsp3) is 0.143. The first-order valence-electron chi connectivity index (χ1n) is 5.54. The van der Waals surface area contributed by atoms with Crippen molar-refractivity contribution in [2.45, 2.75) is 13.0 Å². The Kier molecular flexibility index (Phi) is 4.27. The van der Waals surface area contributed by atoms with Crippen molar-refractivity contribution in [1.82, 2.24) is 0 Å². The van der Waals surface area contributed by atoms with E-state index >= 15 is 0 Å². The Morgan fingerprint density at radius 3 is 2.28 bits per heavy atom. The Morgan fingerprint density at radius 1 is 1.11 bits per heavy atom. The summed E-state index contributed by atoms with van der Waals surface area (Å²) in [5, 5.41) is 0.691. The van der Waals surface area contributed by atoms with Crippen molar-refractivity contribution in [1.29, 1.82) is 0 Å². The maximum absolute atomic E-state index is 5.85. The van der Waals surface area contributed by atoms with Crippen LogP contribution in [0.5, 0.6) is 11.5 Å². The van der Waals surface area contributed by atoms with Crippen LogP contribution in [0.1, 0.15) is 18.5 Å². The average Bonchev–Trinajstić information content (AvgIpc) is 2.32. The molecule has 0 aliphatic heterocycles. The van der Waals surface area contributed by atoms with Gasteiger partial charge in [0.1, 0.15) is 11.5 Å². The molecular formula is C14H13BrClNO. The SMILES string of the molecule is C[C@H](N)c1ccc(Oc2ccc(Cl)cc2)cc1Br. The fourth-order valence-corrected chi connectivity index (χ4v) is 2.42. The van der Waals surface area contributed by atoms with Gasteiger partial charge in [0.15, 0.2) is 0 Å². The molecule has 0 amide bonds. The summed E-state index contributed by atoms with van der Waals surface area (Å²) >= 11 is 9.31. The second-order valence-corrected chi connectivity index (χ2v) is 5.32. The number of benzene rings is 2. The zero-order chi connectivity index (χ0) is 13.1. The molecule has 2 N–H and O–H groups in total. The normalized spacial score (nSPS) is 12.2. The molecule has 0 heterocycles. The van der Waals surface area contributed by atoms with Crippen molar-refractivity contribution in [2.24, 2.45) is 5.73 Å². The Bertz CT molecular complexity index is 540. The standard InChI is InChI=1S/C14H13BrClNO/c1-9(17)13-7-6-12(8-14(13)15)18-11-4-2-10(16)3-5-11/h2-9H,17H2,1H3/t9-/m0/s1. The lowest BCUT2D eigenvalue weighted by molar-refractivity contribution is 0.482. The van der Waals surface area contributed by atoms with E-state index in [1.54, 1.807) is 12.1 Å². The topological polar surface area (TPSA) is 35.2 Å². The largest absolute Gasteiger partial charge is 0.457 e. The summed E-state index contributed by atoms with van der Waals surface area (Å²) in [5.74, 6) is 1.51. The van der Waals surface area contributed by atoms with Gasteiger partial charge in [-0.25, -0.2) is 0 Å². The summed E-state index contributed by atoms with van der Waals surface area (Å²) < 4.78 is 6.67. The summed E-state index contributed by atoms with van der Waals surface area (Å²) in [6.07, 6.45) is 0. The highest BCUT2D eigenvalue weighted by molar-refractivity contribution is 9.10. The van der Waals surface area contributed by atoms with E-state index in [4.69, 9.17) is 22.1 Å². The van der Waals surface area contributed by atoms with Gasteiger partial charge in [-0.3, -0.25) is 0 Å². The maximum atomic E-state index is 5.85. The summed E-state index contributed by atoms with van der Waals surface area (Å²) in [6, 6.07) is 13.0. The molecule has 0 unspecified atom stereocenters. The lowest BCUT2D eigenvalue weighted by Crippen LogP contribution is -2.05. The summed E-state index contributed by atoms with van der Waals surface area (Å²) in [6.45, 7) is 1.94. The van der Waals surface area contributed by atoms with Crippen LogP contribution in [0.2, 0.25) is 5.02 Å². The van der Waals surface area contributed by atoms with Crippen LogP contribution in [-0.4, -0.2) is 0 Å². The fourth-order valence-electron chi connectivity index (χ4n) is 1.58. The van der Waals surface area contributed by atoms with Gasteiger partial charge in [0.2, 0.25) is 0 Å². The molecular weight excluding hydrogens is 314 g/mol. The third-order valence-corrected chi connectivity index (χ3v) is 3.45. The third-order valence-electron chi connectivity index (χ3n) is 2.51. The highest BCUT2D eigenvalue weighted by atomic mass is 79.9. The summed E-state index contributed by atoms with van der Waals surface area (Å²) in [4.78, 5) is 0. The van der Waals surface area contributed by atoms with Crippen molar-refractivity contribution in [3.05, 3.63) is 57.5 Å². The summed E-state index contributed by atoms with van der Waals surface area (Å²) in [7, 11) is 0. The number of ether oxygens (including phenoxy) is 1. The van der Waals surface area contributed by atoms with E-state index in [0.29, 0.717) is 5.02 Å². The van der Waals surface area contributed by atoms with Crippen LogP contribution in [0.4, 0.5) is 0 Å². The number of hydrogen-bond donors (Lipinski definition) is 1. The third kappa shape index (κ3) is 3.25. The predicted octanol–water partition coefficient (Wildman–Crippen LogP) is 4.91. The molecule has 0 radical (unpaired) electrons. The molecule has 2 rings (SSSR count). The lowest BCUT2D eigenvalue weighted by atomic mass is 10.1. The minimum atomic E-state index is -0.0102. The van der Waals surface area contributed by atoms with E-state index in [1.165, 1.54) is 0 Å². The first-order valence-corrected chi connectivity index (χ1v) is 6.72. The smallest absolute Gasteiger partial charge is 0.128 e. The van der Waals surface area contributed by atoms with Gasteiger partial charge in [-0.05, 0) is 48.9 Å². The van der Waals surface area contributed by atoms with E-state index in [2.05, 4.69) is 15.9 Å². The van der Waals surface area contributed by atoms with Crippen molar-refractivity contribution in [3.63, 3.8) is 0 Å². The molecule has 4 heteroatoms. The molecule has 2 aromatic carbocycles. The van der Waals surface area contributed by atoms with Crippen molar-refractivity contribution in [3.8, 4) is 11.5 Å². The zero-order valence-electron chi connectivity index (χ0n) is 9.86. The Morgan fingerprint density at radius 2 is 1.72 bits per heavy atom. The average molecular weight is 327 g/mol. The van der Waals surface area contributed by atoms with E-state index in [9.17, 15) is 0 Å². The van der Waals surface area contributed by atoms with Gasteiger partial charge in [0.25, 0.3) is 0 Å². The first kappa shape index (κ1) is 13.4. The van der Waals surface area contributed by atoms with Crippen LogP contribution in [0.25, 0.3) is 0 Å². The van der Waals surface area contributed by atoms with Crippen molar-refractivity contribution in [2.75, 3.05) is 0 Å². The maximum Gasteiger partial charge on any atom is 0.128 e. The second kappa shape index (κ2) is 5.74. The molecule has 0 fully saturated rings. The Balaban J connectivity index is 2.20. The van der Waals surface area contributed by atoms with E-state index in [1.807, 2.05) is 37.3 Å². The molecule has 2 nitrogen and oxygen atoms in total. The van der Waals surface area contributed by atoms with Gasteiger partial charge in [-0.2, -0.15) is 0 Å². The minimum absolute atomic E-state index is 0.0102. The van der Waals surface area contributed by atoms with Gasteiger partial charge in [0.05, 0.1) is 0 Å². The second-order valence-electron chi connectivity index (χ2n) is 4.03. The number of hydrogen-bond acceptors (Lipinski definition) is 2. The van der Waals surface area contributed by atoms with Crippen LogP contribution >= 0.6 is 27.5 Å². The Labute approximate surface area is 120 Å². The van der Waals surface area contributed by atoms with Gasteiger partial charge in [0, 0.05) is 15.5 Å². The molecule has 0 bridgehead atoms. The van der Waals surface area contributed by atoms with E-state index < -0.39 is 0 Å². The molecule has 94 valence electrons. The lowest BCUT2D eigenvalue weighted by Gasteiger charge is -2.11. The highest BCUT2D eigenvalue weighted by Crippen LogP contribution is 2.29. The van der Waals surface area contributed by atoms with Gasteiger partial charge < -0.3 is 10.5 Å². The highest BCUT2D eigenvalue weighted by Gasteiger charge is 2.06. The molecule has 0 aliphatic rings. The zero-order valence-corrected chi connectivity index (χ0v) is 12.2. The van der Waals surface area contributed by atoms with Crippen molar-refractivity contribution >= 4 is 27.5 Å². The van der Waals surface area contributed by atoms with Crippen LogP contribution in [0, 0.1) is 0 Å². The molecule has 0 aliphatic carbocycles.